The summed E-state index contributed by atoms with van der Waals surface area (Å²) in [6.07, 6.45) is 5.18. The van der Waals surface area contributed by atoms with Crippen molar-refractivity contribution in [2.45, 2.75) is 12.8 Å². The summed E-state index contributed by atoms with van der Waals surface area (Å²) in [7, 11) is 1.60. The molecule has 0 aromatic heterocycles. The summed E-state index contributed by atoms with van der Waals surface area (Å²) in [5.41, 5.74) is 6.07. The zero-order valence-electron chi connectivity index (χ0n) is 12.1. The lowest BCUT2D eigenvalue weighted by atomic mass is 10.2. The molecular weight excluding hydrogens is 284 g/mol. The van der Waals surface area contributed by atoms with Crippen LogP contribution < -0.4 is 15.6 Å². The van der Waals surface area contributed by atoms with Crippen LogP contribution in [0.5, 0.6) is 5.75 Å². The number of hydrogen-bond acceptors (Lipinski definition) is 5. The summed E-state index contributed by atoms with van der Waals surface area (Å²) in [6, 6.07) is 7.55. The van der Waals surface area contributed by atoms with Crippen molar-refractivity contribution in [2.24, 2.45) is 10.2 Å². The van der Waals surface area contributed by atoms with Gasteiger partial charge in [0.2, 0.25) is 11.8 Å². The molecule has 0 bridgehead atoms. The maximum absolute atomic E-state index is 11.6. The van der Waals surface area contributed by atoms with Crippen LogP contribution in [0.3, 0.4) is 0 Å². The number of rotatable bonds is 6. The molecular formula is C15H16N4O3. The molecule has 0 spiro atoms. The summed E-state index contributed by atoms with van der Waals surface area (Å²) in [6.45, 7) is 0. The summed E-state index contributed by atoms with van der Waals surface area (Å²) < 4.78 is 5.21. The average Bonchev–Trinajstić information content (AvgIpc) is 2.92. The molecule has 0 radical (unpaired) electrons. The van der Waals surface area contributed by atoms with Gasteiger partial charge in [0, 0.05) is 11.8 Å². The van der Waals surface area contributed by atoms with E-state index in [2.05, 4.69) is 21.1 Å². The average molecular weight is 300 g/mol. The third-order valence-corrected chi connectivity index (χ3v) is 2.83. The van der Waals surface area contributed by atoms with Gasteiger partial charge in [-0.2, -0.15) is 10.2 Å². The minimum atomic E-state index is -0.322. The van der Waals surface area contributed by atoms with Crippen molar-refractivity contribution in [1.29, 1.82) is 0 Å². The van der Waals surface area contributed by atoms with Gasteiger partial charge in [0.05, 0.1) is 25.7 Å². The van der Waals surface area contributed by atoms with Crippen molar-refractivity contribution < 1.29 is 14.3 Å². The number of carbonyl (C=O) groups is 2. The lowest BCUT2D eigenvalue weighted by Crippen LogP contribution is -2.20. The Morgan fingerprint density at radius 3 is 3.05 bits per heavy atom. The van der Waals surface area contributed by atoms with Crippen molar-refractivity contribution in [1.82, 2.24) is 10.9 Å². The molecule has 22 heavy (non-hydrogen) atoms. The number of para-hydroxylation sites is 1. The van der Waals surface area contributed by atoms with Crippen molar-refractivity contribution in [3.8, 4) is 5.75 Å². The second-order valence-electron chi connectivity index (χ2n) is 4.48. The van der Waals surface area contributed by atoms with Crippen molar-refractivity contribution >= 4 is 29.8 Å². The van der Waals surface area contributed by atoms with E-state index in [1.54, 1.807) is 13.2 Å². The number of ether oxygens (including phenoxy) is 1. The molecule has 0 aliphatic carbocycles. The van der Waals surface area contributed by atoms with Crippen LogP contribution in [0.1, 0.15) is 18.4 Å². The van der Waals surface area contributed by atoms with Gasteiger partial charge in [0.1, 0.15) is 5.75 Å². The standard InChI is InChI=1S/C15H16N4O3/c1-22-13-7-3-2-5-11(13)6-4-8-16-18-14(20)9-12-10-15(21)19-17-12/h2-8H,9-10H2,1H3,(H,18,20)(H,19,21)/b6-4+,16-8+. The highest BCUT2D eigenvalue weighted by atomic mass is 16.5. The first-order valence-corrected chi connectivity index (χ1v) is 6.65. The maximum Gasteiger partial charge on any atom is 0.245 e. The largest absolute Gasteiger partial charge is 0.496 e. The van der Waals surface area contributed by atoms with E-state index < -0.39 is 0 Å². The van der Waals surface area contributed by atoms with Gasteiger partial charge in [-0.1, -0.05) is 18.2 Å². The third kappa shape index (κ3) is 4.55. The predicted molar refractivity (Wildman–Crippen MR) is 83.5 cm³/mol. The van der Waals surface area contributed by atoms with Gasteiger partial charge in [-0.3, -0.25) is 9.59 Å². The van der Waals surface area contributed by atoms with Crippen LogP contribution >= 0.6 is 0 Å². The second-order valence-corrected chi connectivity index (χ2v) is 4.48. The summed E-state index contributed by atoms with van der Waals surface area (Å²) in [4.78, 5) is 22.5. The molecule has 7 heteroatoms. The highest BCUT2D eigenvalue weighted by molar-refractivity contribution is 6.11. The Morgan fingerprint density at radius 2 is 2.32 bits per heavy atom. The SMILES string of the molecule is COc1ccccc1/C=C/C=N/NC(=O)CC1=NNC(=O)C1. The summed E-state index contributed by atoms with van der Waals surface area (Å²) in [5, 5.41) is 7.53. The fraction of sp³-hybridized carbons (Fsp3) is 0.200. The maximum atomic E-state index is 11.6. The number of nitrogens with one attached hydrogen (secondary N) is 2. The number of carbonyl (C=O) groups excluding carboxylic acids is 2. The fourth-order valence-corrected chi connectivity index (χ4v) is 1.84. The van der Waals surface area contributed by atoms with Crippen LogP contribution in [0.15, 0.2) is 40.5 Å². The van der Waals surface area contributed by atoms with Crippen LogP contribution in [0.25, 0.3) is 6.08 Å². The van der Waals surface area contributed by atoms with Crippen molar-refractivity contribution in [3.63, 3.8) is 0 Å². The smallest absolute Gasteiger partial charge is 0.245 e. The molecule has 1 aromatic carbocycles. The van der Waals surface area contributed by atoms with E-state index in [1.807, 2.05) is 30.3 Å². The molecule has 2 N–H and O–H groups in total. The fourth-order valence-electron chi connectivity index (χ4n) is 1.84. The molecule has 1 heterocycles. The number of hydrogen-bond donors (Lipinski definition) is 2. The van der Waals surface area contributed by atoms with E-state index in [4.69, 9.17) is 4.74 Å². The van der Waals surface area contributed by atoms with E-state index in [-0.39, 0.29) is 24.7 Å². The zero-order chi connectivity index (χ0) is 15.8. The second kappa shape index (κ2) is 7.72. The molecule has 1 aliphatic heterocycles. The van der Waals surface area contributed by atoms with Gasteiger partial charge in [0.25, 0.3) is 0 Å². The minimum Gasteiger partial charge on any atom is -0.496 e. The van der Waals surface area contributed by atoms with Gasteiger partial charge in [-0.15, -0.1) is 0 Å². The Labute approximate surface area is 127 Å². The Hall–Kier alpha value is -2.96. The van der Waals surface area contributed by atoms with Gasteiger partial charge < -0.3 is 4.74 Å². The van der Waals surface area contributed by atoms with Crippen LogP contribution in [-0.2, 0) is 9.59 Å². The third-order valence-electron chi connectivity index (χ3n) is 2.83. The number of amides is 2. The number of hydrazone groups is 2. The topological polar surface area (TPSA) is 92.2 Å². The molecule has 7 nitrogen and oxygen atoms in total. The quantitative estimate of drug-likeness (QED) is 0.608. The predicted octanol–water partition coefficient (Wildman–Crippen LogP) is 1.08. The van der Waals surface area contributed by atoms with Gasteiger partial charge in [-0.25, -0.2) is 10.9 Å². The number of allylic oxidation sites excluding steroid dienone is 1. The highest BCUT2D eigenvalue weighted by Gasteiger charge is 2.16. The molecule has 0 saturated carbocycles. The monoisotopic (exact) mass is 300 g/mol. The van der Waals surface area contributed by atoms with Gasteiger partial charge in [-0.05, 0) is 18.2 Å². The Bertz CT molecular complexity index is 650. The van der Waals surface area contributed by atoms with Crippen molar-refractivity contribution in [2.75, 3.05) is 7.11 Å². The molecule has 2 amide bonds. The summed E-state index contributed by atoms with van der Waals surface area (Å²) in [5.74, 6) is 0.232. The van der Waals surface area contributed by atoms with E-state index in [0.29, 0.717) is 5.71 Å². The molecule has 0 unspecified atom stereocenters. The number of methoxy groups -OCH3 is 1. The normalized spacial score (nSPS) is 14.2. The number of nitrogens with zero attached hydrogens (tertiary/aromatic N) is 2. The Kier molecular flexibility index (Phi) is 5.42. The molecule has 0 fully saturated rings. The molecule has 0 atom stereocenters. The zero-order valence-corrected chi connectivity index (χ0v) is 12.1. The Morgan fingerprint density at radius 1 is 1.50 bits per heavy atom. The van der Waals surface area contributed by atoms with E-state index >= 15 is 0 Å². The summed E-state index contributed by atoms with van der Waals surface area (Å²) >= 11 is 0. The first-order valence-electron chi connectivity index (χ1n) is 6.65. The first kappa shape index (κ1) is 15.4. The van der Waals surface area contributed by atoms with Crippen LogP contribution in [-0.4, -0.2) is 30.9 Å². The molecule has 1 aromatic rings. The first-order chi connectivity index (χ1) is 10.7. The molecule has 1 aliphatic rings. The van der Waals surface area contributed by atoms with Gasteiger partial charge in [0.15, 0.2) is 0 Å². The lowest BCUT2D eigenvalue weighted by molar-refractivity contribution is -0.119. The van der Waals surface area contributed by atoms with Gasteiger partial charge >= 0.3 is 0 Å². The Balaban J connectivity index is 1.79. The van der Waals surface area contributed by atoms with Crippen LogP contribution in [0.4, 0.5) is 0 Å². The molecule has 0 saturated heterocycles. The molecule has 114 valence electrons. The number of benzene rings is 1. The molecule has 2 rings (SSSR count). The lowest BCUT2D eigenvalue weighted by Gasteiger charge is -2.02. The van der Waals surface area contributed by atoms with E-state index in [1.165, 1.54) is 6.21 Å². The van der Waals surface area contributed by atoms with Crippen LogP contribution in [0.2, 0.25) is 0 Å². The van der Waals surface area contributed by atoms with Crippen molar-refractivity contribution in [3.05, 3.63) is 35.9 Å². The van der Waals surface area contributed by atoms with E-state index in [0.717, 1.165) is 11.3 Å². The highest BCUT2D eigenvalue weighted by Crippen LogP contribution is 2.18. The van der Waals surface area contributed by atoms with E-state index in [9.17, 15) is 9.59 Å². The minimum absolute atomic E-state index is 0.0479. The van der Waals surface area contributed by atoms with Crippen LogP contribution in [0, 0.1) is 0 Å².